The van der Waals surface area contributed by atoms with Crippen molar-refractivity contribution < 1.29 is 13.6 Å². The number of aliphatic imine (C=N–C) groups is 1. The summed E-state index contributed by atoms with van der Waals surface area (Å²) in [5.74, 6) is 0.658. The molecule has 106 valence electrons. The summed E-state index contributed by atoms with van der Waals surface area (Å²) in [4.78, 5) is 16.4. The molecule has 0 radical (unpaired) electrons. The summed E-state index contributed by atoms with van der Waals surface area (Å²) in [7, 11) is 0. The number of nitrogens with one attached hydrogen (secondary N) is 1. The van der Waals surface area contributed by atoms with Crippen LogP contribution in [0.15, 0.2) is 50.7 Å². The average molecular weight is 302 g/mol. The van der Waals surface area contributed by atoms with E-state index in [1.807, 2.05) is 13.0 Å². The van der Waals surface area contributed by atoms with E-state index in [2.05, 4.69) is 10.3 Å². The molecule has 1 amide bonds. The molecule has 2 aromatic rings. The van der Waals surface area contributed by atoms with Crippen molar-refractivity contribution in [3.8, 4) is 0 Å². The van der Waals surface area contributed by atoms with Gasteiger partial charge in [-0.05, 0) is 43.0 Å². The van der Waals surface area contributed by atoms with Gasteiger partial charge < -0.3 is 9.73 Å². The number of para-hydroxylation sites is 1. The fourth-order valence-corrected chi connectivity index (χ4v) is 2.61. The fraction of sp³-hybridized carbons (Fsp3) is 0.0667. The van der Waals surface area contributed by atoms with Crippen molar-refractivity contribution in [1.82, 2.24) is 5.32 Å². The molecule has 1 fully saturated rings. The normalized spacial score (nSPS) is 18.5. The molecular weight excluding hydrogens is 291 g/mol. The van der Waals surface area contributed by atoms with Gasteiger partial charge in [0.25, 0.3) is 5.91 Å². The van der Waals surface area contributed by atoms with Gasteiger partial charge in [-0.25, -0.2) is 9.38 Å². The minimum absolute atomic E-state index is 0.190. The Morgan fingerprint density at radius 2 is 2.10 bits per heavy atom. The maximum atomic E-state index is 13.5. The molecule has 1 aromatic heterocycles. The number of nitrogens with zero attached hydrogens (tertiary/aromatic N) is 1. The first-order chi connectivity index (χ1) is 10.1. The van der Waals surface area contributed by atoms with Gasteiger partial charge in [0.05, 0.1) is 4.91 Å². The van der Waals surface area contributed by atoms with E-state index >= 15 is 0 Å². The number of benzene rings is 1. The largest absolute Gasteiger partial charge is 0.462 e. The summed E-state index contributed by atoms with van der Waals surface area (Å²) in [5, 5.41) is 2.95. The first kappa shape index (κ1) is 13.6. The van der Waals surface area contributed by atoms with Gasteiger partial charge in [-0.2, -0.15) is 0 Å². The van der Waals surface area contributed by atoms with Gasteiger partial charge >= 0.3 is 0 Å². The maximum Gasteiger partial charge on any atom is 0.264 e. The fourth-order valence-electron chi connectivity index (χ4n) is 1.79. The number of amidine groups is 1. The Kier molecular flexibility index (Phi) is 3.62. The molecule has 6 heteroatoms. The highest BCUT2D eigenvalue weighted by molar-refractivity contribution is 8.18. The van der Waals surface area contributed by atoms with Crippen molar-refractivity contribution in [3.63, 3.8) is 0 Å². The van der Waals surface area contributed by atoms with Gasteiger partial charge in [-0.1, -0.05) is 12.1 Å². The zero-order valence-corrected chi connectivity index (χ0v) is 11.9. The Balaban J connectivity index is 1.85. The molecule has 1 aliphatic rings. The molecule has 0 bridgehead atoms. The molecule has 0 saturated carbocycles. The summed E-state index contributed by atoms with van der Waals surface area (Å²) in [6.45, 7) is 1.83. The third-order valence-corrected chi connectivity index (χ3v) is 3.67. The number of carbonyl (C=O) groups excluding carboxylic acids is 1. The van der Waals surface area contributed by atoms with Crippen molar-refractivity contribution in [2.24, 2.45) is 4.99 Å². The maximum absolute atomic E-state index is 13.5. The molecule has 0 atom stereocenters. The van der Waals surface area contributed by atoms with E-state index in [0.717, 1.165) is 17.5 Å². The van der Waals surface area contributed by atoms with Crippen molar-refractivity contribution in [3.05, 3.63) is 58.6 Å². The predicted octanol–water partition coefficient (Wildman–Crippen LogP) is 3.62. The van der Waals surface area contributed by atoms with Crippen LogP contribution in [0.2, 0.25) is 0 Å². The van der Waals surface area contributed by atoms with E-state index in [-0.39, 0.29) is 11.6 Å². The van der Waals surface area contributed by atoms with Crippen molar-refractivity contribution in [2.75, 3.05) is 0 Å². The van der Waals surface area contributed by atoms with Crippen molar-refractivity contribution in [1.29, 1.82) is 0 Å². The zero-order valence-electron chi connectivity index (χ0n) is 11.1. The van der Waals surface area contributed by atoms with Crippen LogP contribution in [0.1, 0.15) is 11.5 Å². The SMILES string of the molecule is Cc1ccc(/C=C2/SC(=Nc3ccccc3F)NC2=O)o1. The van der Waals surface area contributed by atoms with Crippen molar-refractivity contribution >= 4 is 34.6 Å². The van der Waals surface area contributed by atoms with E-state index in [0.29, 0.717) is 15.8 Å². The van der Waals surface area contributed by atoms with Crippen LogP contribution < -0.4 is 5.32 Å². The number of halogens is 1. The summed E-state index contributed by atoms with van der Waals surface area (Å²) < 4.78 is 18.9. The number of rotatable bonds is 2. The summed E-state index contributed by atoms with van der Waals surface area (Å²) >= 11 is 1.15. The third kappa shape index (κ3) is 3.05. The standard InChI is InChI=1S/C15H11FN2O2S/c1-9-6-7-10(20-9)8-13-14(19)18-15(21-13)17-12-5-3-2-4-11(12)16/h2-8H,1H3,(H,17,18,19)/b13-8+. The molecule has 2 heterocycles. The predicted molar refractivity (Wildman–Crippen MR) is 80.7 cm³/mol. The molecule has 1 saturated heterocycles. The smallest absolute Gasteiger partial charge is 0.264 e. The van der Waals surface area contributed by atoms with E-state index in [4.69, 9.17) is 4.42 Å². The monoisotopic (exact) mass is 302 g/mol. The summed E-state index contributed by atoms with van der Waals surface area (Å²) in [6.07, 6.45) is 1.64. The Morgan fingerprint density at radius 1 is 1.29 bits per heavy atom. The third-order valence-electron chi connectivity index (χ3n) is 2.76. The number of furan rings is 1. The highest BCUT2D eigenvalue weighted by Crippen LogP contribution is 2.29. The van der Waals surface area contributed by atoms with Gasteiger partial charge in [0.2, 0.25) is 0 Å². The molecule has 1 aliphatic heterocycles. The number of hydrogen-bond acceptors (Lipinski definition) is 4. The molecule has 1 aromatic carbocycles. The minimum Gasteiger partial charge on any atom is -0.462 e. The Bertz CT molecular complexity index is 765. The van der Waals surface area contributed by atoms with Crippen LogP contribution in [0.5, 0.6) is 0 Å². The van der Waals surface area contributed by atoms with Crippen LogP contribution >= 0.6 is 11.8 Å². The quantitative estimate of drug-likeness (QED) is 0.862. The molecule has 3 rings (SSSR count). The Morgan fingerprint density at radius 3 is 2.81 bits per heavy atom. The Labute approximate surface area is 124 Å². The van der Waals surface area contributed by atoms with E-state index in [1.54, 1.807) is 30.3 Å². The van der Waals surface area contributed by atoms with E-state index in [1.165, 1.54) is 6.07 Å². The molecular formula is C15H11FN2O2S. The molecule has 1 N–H and O–H groups in total. The van der Waals surface area contributed by atoms with Gasteiger partial charge in [0, 0.05) is 6.08 Å². The second-order valence-corrected chi connectivity index (χ2v) is 5.41. The van der Waals surface area contributed by atoms with Crippen LogP contribution in [0.25, 0.3) is 6.08 Å². The minimum atomic E-state index is -0.432. The van der Waals surface area contributed by atoms with Crippen LogP contribution in [-0.4, -0.2) is 11.1 Å². The zero-order chi connectivity index (χ0) is 14.8. The lowest BCUT2D eigenvalue weighted by atomic mass is 10.3. The van der Waals surface area contributed by atoms with Crippen LogP contribution in [-0.2, 0) is 4.79 Å². The number of thioether (sulfide) groups is 1. The summed E-state index contributed by atoms with van der Waals surface area (Å²) in [5.41, 5.74) is 0.190. The Hall–Kier alpha value is -2.34. The topological polar surface area (TPSA) is 54.6 Å². The second kappa shape index (κ2) is 5.57. The lowest BCUT2D eigenvalue weighted by Crippen LogP contribution is -2.19. The lowest BCUT2D eigenvalue weighted by Gasteiger charge is -1.97. The molecule has 4 nitrogen and oxygen atoms in total. The van der Waals surface area contributed by atoms with Gasteiger partial charge in [0.15, 0.2) is 5.17 Å². The average Bonchev–Trinajstić information content (AvgIpc) is 3.00. The highest BCUT2D eigenvalue weighted by atomic mass is 32.2. The molecule has 21 heavy (non-hydrogen) atoms. The van der Waals surface area contributed by atoms with E-state index < -0.39 is 5.82 Å². The first-order valence-corrected chi connectivity index (χ1v) is 7.04. The van der Waals surface area contributed by atoms with Crippen LogP contribution in [0, 0.1) is 12.7 Å². The first-order valence-electron chi connectivity index (χ1n) is 6.22. The van der Waals surface area contributed by atoms with Gasteiger partial charge in [-0.3, -0.25) is 4.79 Å². The highest BCUT2D eigenvalue weighted by Gasteiger charge is 2.24. The van der Waals surface area contributed by atoms with Crippen LogP contribution in [0.3, 0.4) is 0 Å². The van der Waals surface area contributed by atoms with Crippen molar-refractivity contribution in [2.45, 2.75) is 6.92 Å². The van der Waals surface area contributed by atoms with Gasteiger partial charge in [0.1, 0.15) is 23.0 Å². The molecule has 0 spiro atoms. The summed E-state index contributed by atoms with van der Waals surface area (Å²) in [6, 6.07) is 9.74. The number of hydrogen-bond donors (Lipinski definition) is 1. The number of carbonyl (C=O) groups is 1. The van der Waals surface area contributed by atoms with E-state index in [9.17, 15) is 9.18 Å². The molecule has 0 aliphatic carbocycles. The number of amides is 1. The molecule has 0 unspecified atom stereocenters. The lowest BCUT2D eigenvalue weighted by molar-refractivity contribution is -0.115. The second-order valence-electron chi connectivity index (χ2n) is 4.38. The van der Waals surface area contributed by atoms with Crippen LogP contribution in [0.4, 0.5) is 10.1 Å². The number of aryl methyl sites for hydroxylation is 1. The van der Waals surface area contributed by atoms with Gasteiger partial charge in [-0.15, -0.1) is 0 Å².